The second-order valence-corrected chi connectivity index (χ2v) is 8.08. The highest BCUT2D eigenvalue weighted by molar-refractivity contribution is 6.32. The Morgan fingerprint density at radius 3 is 2.06 bits per heavy atom. The van der Waals surface area contributed by atoms with Crippen molar-refractivity contribution < 1.29 is 19.0 Å². The molecule has 168 valence electrons. The van der Waals surface area contributed by atoms with Crippen LogP contribution in [0.15, 0.2) is 72.3 Å². The minimum Gasteiger partial charge on any atom is -0.495 e. The summed E-state index contributed by atoms with van der Waals surface area (Å²) in [5.41, 5.74) is 3.35. The molecular formula is C26H21Cl2NO4. The van der Waals surface area contributed by atoms with Crippen LogP contribution in [0.4, 0.5) is 5.69 Å². The summed E-state index contributed by atoms with van der Waals surface area (Å²) in [5, 5.41) is 1.10. The molecule has 1 aliphatic heterocycles. The summed E-state index contributed by atoms with van der Waals surface area (Å²) in [6.45, 7) is 0. The van der Waals surface area contributed by atoms with Crippen LogP contribution in [0.2, 0.25) is 10.0 Å². The van der Waals surface area contributed by atoms with Crippen LogP contribution in [0.1, 0.15) is 11.1 Å². The zero-order valence-electron chi connectivity index (χ0n) is 18.3. The maximum absolute atomic E-state index is 13.6. The van der Waals surface area contributed by atoms with Crippen LogP contribution in [0.25, 0.3) is 11.8 Å². The highest BCUT2D eigenvalue weighted by Gasteiger charge is 2.32. The molecular weight excluding hydrogens is 461 g/mol. The first kappa shape index (κ1) is 22.8. The second-order valence-electron chi connectivity index (χ2n) is 7.21. The second kappa shape index (κ2) is 9.61. The average molecular weight is 482 g/mol. The third-order valence-electron chi connectivity index (χ3n) is 5.23. The molecule has 3 aromatic rings. The van der Waals surface area contributed by atoms with Gasteiger partial charge in [-0.1, -0.05) is 41.4 Å². The van der Waals surface area contributed by atoms with Gasteiger partial charge >= 0.3 is 0 Å². The largest absolute Gasteiger partial charge is 0.495 e. The monoisotopic (exact) mass is 481 g/mol. The van der Waals surface area contributed by atoms with Crippen LogP contribution in [0.5, 0.6) is 17.2 Å². The molecule has 0 atom stereocenters. The number of anilines is 1. The highest BCUT2D eigenvalue weighted by atomic mass is 35.5. The maximum atomic E-state index is 13.6. The van der Waals surface area contributed by atoms with Gasteiger partial charge in [0.05, 0.1) is 32.7 Å². The van der Waals surface area contributed by atoms with Crippen LogP contribution in [-0.2, 0) is 4.79 Å². The van der Waals surface area contributed by atoms with E-state index in [1.165, 1.54) is 0 Å². The number of rotatable bonds is 6. The van der Waals surface area contributed by atoms with Gasteiger partial charge in [-0.3, -0.25) is 9.69 Å². The van der Waals surface area contributed by atoms with Crippen molar-refractivity contribution in [3.05, 3.63) is 93.5 Å². The van der Waals surface area contributed by atoms with E-state index in [-0.39, 0.29) is 5.91 Å². The molecule has 4 rings (SSSR count). The number of halogens is 2. The fourth-order valence-electron chi connectivity index (χ4n) is 3.65. The molecule has 1 aliphatic rings. The van der Waals surface area contributed by atoms with E-state index in [9.17, 15) is 4.79 Å². The Labute approximate surface area is 202 Å². The Kier molecular flexibility index (Phi) is 6.63. The highest BCUT2D eigenvalue weighted by Crippen LogP contribution is 2.41. The molecule has 0 aromatic heterocycles. The Morgan fingerprint density at radius 1 is 0.758 bits per heavy atom. The van der Waals surface area contributed by atoms with Gasteiger partial charge in [-0.15, -0.1) is 0 Å². The smallest absolute Gasteiger partial charge is 0.263 e. The van der Waals surface area contributed by atoms with Crippen molar-refractivity contribution in [2.45, 2.75) is 0 Å². The molecule has 7 heteroatoms. The predicted molar refractivity (Wildman–Crippen MR) is 132 cm³/mol. The molecule has 33 heavy (non-hydrogen) atoms. The first-order valence-corrected chi connectivity index (χ1v) is 10.8. The van der Waals surface area contributed by atoms with Gasteiger partial charge < -0.3 is 14.2 Å². The summed E-state index contributed by atoms with van der Waals surface area (Å²) >= 11 is 12.4. The molecule has 0 fully saturated rings. The molecule has 5 nitrogen and oxygen atoms in total. The molecule has 0 N–H and O–H groups in total. The van der Waals surface area contributed by atoms with E-state index in [1.807, 2.05) is 30.3 Å². The molecule has 0 bridgehead atoms. The van der Waals surface area contributed by atoms with Gasteiger partial charge in [0, 0.05) is 15.6 Å². The summed E-state index contributed by atoms with van der Waals surface area (Å²) < 4.78 is 16.2. The molecule has 0 radical (unpaired) electrons. The standard InChI is InChI=1S/C26H21Cl2NO4/c1-31-23-11-9-20(28)15-22(23)29-21(17-5-7-19(27)8-6-17)14-18(26(29)30)12-16-4-10-24(32-2)25(13-16)33-3/h4-15H,1-3H3/b18-12+. The normalized spacial score (nSPS) is 14.5. The third kappa shape index (κ3) is 4.56. The number of methoxy groups -OCH3 is 3. The van der Waals surface area contributed by atoms with E-state index in [2.05, 4.69) is 0 Å². The minimum atomic E-state index is -0.213. The van der Waals surface area contributed by atoms with Crippen molar-refractivity contribution in [3.8, 4) is 17.2 Å². The van der Waals surface area contributed by atoms with Gasteiger partial charge in [0.2, 0.25) is 0 Å². The van der Waals surface area contributed by atoms with Crippen molar-refractivity contribution in [2.24, 2.45) is 0 Å². The zero-order chi connectivity index (χ0) is 23.5. The predicted octanol–water partition coefficient (Wildman–Crippen LogP) is 6.49. The van der Waals surface area contributed by atoms with Gasteiger partial charge in [0.25, 0.3) is 5.91 Å². The number of nitrogens with zero attached hydrogens (tertiary/aromatic N) is 1. The van der Waals surface area contributed by atoms with Crippen molar-refractivity contribution in [1.29, 1.82) is 0 Å². The van der Waals surface area contributed by atoms with Gasteiger partial charge in [0.15, 0.2) is 11.5 Å². The molecule has 0 unspecified atom stereocenters. The Hall–Kier alpha value is -3.41. The van der Waals surface area contributed by atoms with E-state index in [4.69, 9.17) is 37.4 Å². The Morgan fingerprint density at radius 2 is 1.39 bits per heavy atom. The topological polar surface area (TPSA) is 48.0 Å². The van der Waals surface area contributed by atoms with Crippen molar-refractivity contribution >= 4 is 46.6 Å². The maximum Gasteiger partial charge on any atom is 0.263 e. The number of amides is 1. The molecule has 1 amide bonds. The Balaban J connectivity index is 1.85. The number of carbonyl (C=O) groups is 1. The first-order chi connectivity index (χ1) is 15.9. The molecule has 0 spiro atoms. The minimum absolute atomic E-state index is 0.213. The lowest BCUT2D eigenvalue weighted by Gasteiger charge is -2.23. The molecule has 0 saturated carbocycles. The summed E-state index contributed by atoms with van der Waals surface area (Å²) in [6.07, 6.45) is 3.64. The summed E-state index contributed by atoms with van der Waals surface area (Å²) in [5.74, 6) is 1.50. The van der Waals surface area contributed by atoms with E-state index in [0.717, 1.165) is 11.1 Å². The van der Waals surface area contributed by atoms with Crippen LogP contribution < -0.4 is 19.1 Å². The van der Waals surface area contributed by atoms with Crippen molar-refractivity contribution in [1.82, 2.24) is 0 Å². The lowest BCUT2D eigenvalue weighted by atomic mass is 10.1. The van der Waals surface area contributed by atoms with E-state index in [1.54, 1.807) is 68.7 Å². The third-order valence-corrected chi connectivity index (χ3v) is 5.72. The van der Waals surface area contributed by atoms with E-state index < -0.39 is 0 Å². The molecule has 0 aliphatic carbocycles. The number of carbonyl (C=O) groups excluding carboxylic acids is 1. The van der Waals surface area contributed by atoms with Crippen LogP contribution in [0.3, 0.4) is 0 Å². The fraction of sp³-hybridized carbons (Fsp3) is 0.115. The molecule has 0 saturated heterocycles. The van der Waals surface area contributed by atoms with Gasteiger partial charge in [-0.2, -0.15) is 0 Å². The lowest BCUT2D eigenvalue weighted by Crippen LogP contribution is -2.25. The zero-order valence-corrected chi connectivity index (χ0v) is 19.8. The number of hydrogen-bond acceptors (Lipinski definition) is 4. The summed E-state index contributed by atoms with van der Waals surface area (Å²) in [4.78, 5) is 15.2. The number of hydrogen-bond donors (Lipinski definition) is 0. The number of ether oxygens (including phenoxy) is 3. The van der Waals surface area contributed by atoms with Gasteiger partial charge in [-0.25, -0.2) is 0 Å². The van der Waals surface area contributed by atoms with E-state index in [0.29, 0.717) is 44.3 Å². The lowest BCUT2D eigenvalue weighted by molar-refractivity contribution is -0.113. The fourth-order valence-corrected chi connectivity index (χ4v) is 3.94. The summed E-state index contributed by atoms with van der Waals surface area (Å²) in [6, 6.07) is 17.9. The SMILES string of the molecule is COc1ccc(/C=C2\C=C(c3ccc(Cl)cc3)N(c3cc(Cl)ccc3OC)C2=O)cc1OC. The number of benzene rings is 3. The van der Waals surface area contributed by atoms with Crippen molar-refractivity contribution in [3.63, 3.8) is 0 Å². The Bertz CT molecular complexity index is 1270. The van der Waals surface area contributed by atoms with Crippen LogP contribution in [-0.4, -0.2) is 27.2 Å². The average Bonchev–Trinajstić information content (AvgIpc) is 3.14. The van der Waals surface area contributed by atoms with E-state index >= 15 is 0 Å². The van der Waals surface area contributed by atoms with Gasteiger partial charge in [0.1, 0.15) is 5.75 Å². The quantitative estimate of drug-likeness (QED) is 0.377. The van der Waals surface area contributed by atoms with Crippen molar-refractivity contribution in [2.75, 3.05) is 26.2 Å². The van der Waals surface area contributed by atoms with Crippen LogP contribution >= 0.6 is 23.2 Å². The first-order valence-electron chi connectivity index (χ1n) is 10.0. The summed E-state index contributed by atoms with van der Waals surface area (Å²) in [7, 11) is 4.70. The van der Waals surface area contributed by atoms with Crippen LogP contribution in [0, 0.1) is 0 Å². The molecule has 3 aromatic carbocycles. The van der Waals surface area contributed by atoms with Gasteiger partial charge in [-0.05, 0) is 65.7 Å². The molecule has 1 heterocycles.